The second kappa shape index (κ2) is 7.61. The number of hydrogen-bond donors (Lipinski definition) is 2. The van der Waals surface area contributed by atoms with Gasteiger partial charge in [0.05, 0.1) is 24.3 Å². The first kappa shape index (κ1) is 17.5. The van der Waals surface area contributed by atoms with Crippen molar-refractivity contribution in [2.24, 2.45) is 0 Å². The summed E-state index contributed by atoms with van der Waals surface area (Å²) in [5.41, 5.74) is 0.483. The second-order valence-corrected chi connectivity index (χ2v) is 5.96. The molecule has 2 rings (SSSR count). The highest BCUT2D eigenvalue weighted by Crippen LogP contribution is 2.22. The molecule has 0 radical (unpaired) electrons. The quantitative estimate of drug-likeness (QED) is 0.826. The lowest BCUT2D eigenvalue weighted by atomic mass is 10.1. The van der Waals surface area contributed by atoms with E-state index in [1.54, 1.807) is 13.0 Å². The molecular weight excluding hydrogens is 302 g/mol. The predicted molar refractivity (Wildman–Crippen MR) is 81.6 cm³/mol. The Morgan fingerprint density at radius 2 is 2.22 bits per heavy atom. The standard InChI is InChI=1S/C16H23NO6/c1-9(2)14-6-11(10(3)23-14)16(20)17-12-7-21-5-4-13(12)22-8-15(18)19/h6,9,12-13H,4-5,7-8H2,1-3H3,(H,17,20)(H,18,19)/t12-,13+/m1/s1. The molecule has 1 aromatic heterocycles. The molecule has 128 valence electrons. The van der Waals surface area contributed by atoms with Crippen molar-refractivity contribution >= 4 is 11.9 Å². The molecule has 0 bridgehead atoms. The van der Waals surface area contributed by atoms with E-state index < -0.39 is 5.97 Å². The fraction of sp³-hybridized carbons (Fsp3) is 0.625. The molecule has 1 saturated heterocycles. The average molecular weight is 325 g/mol. The van der Waals surface area contributed by atoms with E-state index >= 15 is 0 Å². The van der Waals surface area contributed by atoms with E-state index in [0.717, 1.165) is 5.76 Å². The SMILES string of the molecule is Cc1oc(C(C)C)cc1C(=O)N[C@@H]1COCC[C@@H]1OCC(=O)O. The van der Waals surface area contributed by atoms with Gasteiger partial charge in [-0.2, -0.15) is 0 Å². The number of aryl methyl sites for hydroxylation is 1. The van der Waals surface area contributed by atoms with E-state index in [9.17, 15) is 9.59 Å². The summed E-state index contributed by atoms with van der Waals surface area (Å²) >= 11 is 0. The zero-order valence-electron chi connectivity index (χ0n) is 13.6. The second-order valence-electron chi connectivity index (χ2n) is 5.96. The van der Waals surface area contributed by atoms with Crippen molar-refractivity contribution in [2.75, 3.05) is 19.8 Å². The Morgan fingerprint density at radius 1 is 1.48 bits per heavy atom. The van der Waals surface area contributed by atoms with E-state index in [-0.39, 0.29) is 30.6 Å². The molecule has 2 N–H and O–H groups in total. The largest absolute Gasteiger partial charge is 0.480 e. The molecule has 1 fully saturated rings. The first-order valence-corrected chi connectivity index (χ1v) is 7.70. The zero-order valence-corrected chi connectivity index (χ0v) is 13.6. The fourth-order valence-corrected chi connectivity index (χ4v) is 2.49. The van der Waals surface area contributed by atoms with E-state index in [0.29, 0.717) is 31.0 Å². The third-order valence-electron chi connectivity index (χ3n) is 3.78. The number of carbonyl (C=O) groups excluding carboxylic acids is 1. The lowest BCUT2D eigenvalue weighted by Gasteiger charge is -2.31. The normalized spacial score (nSPS) is 21.4. The summed E-state index contributed by atoms with van der Waals surface area (Å²) < 4.78 is 16.3. The van der Waals surface area contributed by atoms with Gasteiger partial charge in [0, 0.05) is 12.5 Å². The van der Waals surface area contributed by atoms with Crippen LogP contribution in [-0.2, 0) is 14.3 Å². The van der Waals surface area contributed by atoms with E-state index in [1.165, 1.54) is 0 Å². The van der Waals surface area contributed by atoms with Crippen LogP contribution in [0.2, 0.25) is 0 Å². The van der Waals surface area contributed by atoms with E-state index in [4.69, 9.17) is 19.0 Å². The topological polar surface area (TPSA) is 98.0 Å². The van der Waals surface area contributed by atoms with Gasteiger partial charge in [0.2, 0.25) is 0 Å². The van der Waals surface area contributed by atoms with Crippen LogP contribution in [0.3, 0.4) is 0 Å². The van der Waals surface area contributed by atoms with Gasteiger partial charge in [0.1, 0.15) is 18.1 Å². The molecule has 7 heteroatoms. The third kappa shape index (κ3) is 4.56. The lowest BCUT2D eigenvalue weighted by Crippen LogP contribution is -2.51. The minimum Gasteiger partial charge on any atom is -0.480 e. The van der Waals surface area contributed by atoms with Gasteiger partial charge in [-0.05, 0) is 19.4 Å². The van der Waals surface area contributed by atoms with Gasteiger partial charge >= 0.3 is 5.97 Å². The average Bonchev–Trinajstić information content (AvgIpc) is 2.88. The molecule has 2 atom stereocenters. The number of carboxylic acids is 1. The number of hydrogen-bond acceptors (Lipinski definition) is 5. The van der Waals surface area contributed by atoms with Gasteiger partial charge in [0.15, 0.2) is 0 Å². The van der Waals surface area contributed by atoms with Crippen LogP contribution in [0.4, 0.5) is 0 Å². The van der Waals surface area contributed by atoms with Crippen molar-refractivity contribution in [3.63, 3.8) is 0 Å². The van der Waals surface area contributed by atoms with Crippen LogP contribution in [0.25, 0.3) is 0 Å². The highest BCUT2D eigenvalue weighted by molar-refractivity contribution is 5.95. The van der Waals surface area contributed by atoms with Crippen molar-refractivity contribution < 1.29 is 28.6 Å². The molecule has 1 aromatic rings. The zero-order chi connectivity index (χ0) is 17.0. The van der Waals surface area contributed by atoms with E-state index in [2.05, 4.69) is 5.32 Å². The predicted octanol–water partition coefficient (Wildman–Crippen LogP) is 1.70. The first-order valence-electron chi connectivity index (χ1n) is 7.70. The van der Waals surface area contributed by atoms with Crippen LogP contribution >= 0.6 is 0 Å². The molecule has 0 spiro atoms. The Kier molecular flexibility index (Phi) is 5.79. The van der Waals surface area contributed by atoms with Gasteiger partial charge in [-0.3, -0.25) is 4.79 Å². The Bertz CT molecular complexity index is 565. The summed E-state index contributed by atoms with van der Waals surface area (Å²) in [4.78, 5) is 23.1. The van der Waals surface area contributed by atoms with Crippen molar-refractivity contribution in [1.82, 2.24) is 5.32 Å². The summed E-state index contributed by atoms with van der Waals surface area (Å²) in [5, 5.41) is 11.6. The number of ether oxygens (including phenoxy) is 2. The summed E-state index contributed by atoms with van der Waals surface area (Å²) in [7, 11) is 0. The Balaban J connectivity index is 2.03. The molecular formula is C16H23NO6. The van der Waals surface area contributed by atoms with Crippen molar-refractivity contribution in [3.8, 4) is 0 Å². The maximum atomic E-state index is 12.5. The molecule has 0 aliphatic carbocycles. The van der Waals surface area contributed by atoms with Gasteiger partial charge in [-0.15, -0.1) is 0 Å². The Morgan fingerprint density at radius 3 is 2.83 bits per heavy atom. The number of aliphatic carboxylic acids is 1. The number of furan rings is 1. The number of rotatable bonds is 6. The summed E-state index contributed by atoms with van der Waals surface area (Å²) in [6.07, 6.45) is 0.167. The number of carbonyl (C=O) groups is 2. The molecule has 0 aromatic carbocycles. The number of amides is 1. The summed E-state index contributed by atoms with van der Waals surface area (Å²) in [6.45, 7) is 6.12. The van der Waals surface area contributed by atoms with Crippen LogP contribution in [0.15, 0.2) is 10.5 Å². The molecule has 1 aliphatic heterocycles. The Labute approximate surface area is 134 Å². The molecule has 0 saturated carbocycles. The highest BCUT2D eigenvalue weighted by Gasteiger charge is 2.30. The first-order chi connectivity index (χ1) is 10.9. The molecule has 0 unspecified atom stereocenters. The third-order valence-corrected chi connectivity index (χ3v) is 3.78. The minimum absolute atomic E-state index is 0.194. The van der Waals surface area contributed by atoms with Crippen molar-refractivity contribution in [2.45, 2.75) is 45.3 Å². The van der Waals surface area contributed by atoms with Crippen LogP contribution < -0.4 is 5.32 Å². The number of carboxylic acid groups (broad SMARTS) is 1. The highest BCUT2D eigenvalue weighted by atomic mass is 16.5. The van der Waals surface area contributed by atoms with Gasteiger partial charge in [-0.1, -0.05) is 13.8 Å². The Hall–Kier alpha value is -1.86. The molecule has 7 nitrogen and oxygen atoms in total. The van der Waals surface area contributed by atoms with Gasteiger partial charge in [-0.25, -0.2) is 4.79 Å². The maximum Gasteiger partial charge on any atom is 0.329 e. The molecule has 1 amide bonds. The van der Waals surface area contributed by atoms with Crippen LogP contribution in [0.1, 0.15) is 48.1 Å². The van der Waals surface area contributed by atoms with Gasteiger partial charge in [0.25, 0.3) is 5.91 Å². The summed E-state index contributed by atoms with van der Waals surface area (Å²) in [6, 6.07) is 1.36. The van der Waals surface area contributed by atoms with Crippen LogP contribution in [0.5, 0.6) is 0 Å². The maximum absolute atomic E-state index is 12.5. The van der Waals surface area contributed by atoms with Crippen LogP contribution in [0, 0.1) is 6.92 Å². The fourth-order valence-electron chi connectivity index (χ4n) is 2.49. The molecule has 23 heavy (non-hydrogen) atoms. The number of nitrogens with one attached hydrogen (secondary N) is 1. The van der Waals surface area contributed by atoms with Crippen LogP contribution in [-0.4, -0.2) is 48.9 Å². The minimum atomic E-state index is -1.03. The lowest BCUT2D eigenvalue weighted by molar-refractivity contribution is -0.147. The van der Waals surface area contributed by atoms with Crippen molar-refractivity contribution in [1.29, 1.82) is 0 Å². The molecule has 1 aliphatic rings. The van der Waals surface area contributed by atoms with Crippen molar-refractivity contribution in [3.05, 3.63) is 23.2 Å². The van der Waals surface area contributed by atoms with Gasteiger partial charge < -0.3 is 24.3 Å². The smallest absolute Gasteiger partial charge is 0.329 e. The van der Waals surface area contributed by atoms with E-state index in [1.807, 2.05) is 13.8 Å². The monoisotopic (exact) mass is 325 g/mol. The molecule has 2 heterocycles. The summed E-state index contributed by atoms with van der Waals surface area (Å²) in [5.74, 6) is 0.212.